The molecule has 1 saturated carbocycles. The zero-order valence-corrected chi connectivity index (χ0v) is 10.2. The van der Waals surface area contributed by atoms with Gasteiger partial charge in [0, 0.05) is 25.4 Å². The van der Waals surface area contributed by atoms with Crippen LogP contribution < -0.4 is 10.0 Å². The predicted octanol–water partition coefficient (Wildman–Crippen LogP) is -1.34. The summed E-state index contributed by atoms with van der Waals surface area (Å²) in [6.07, 6.45) is 3.17. The lowest BCUT2D eigenvalue weighted by Gasteiger charge is -2.05. The van der Waals surface area contributed by atoms with Crippen LogP contribution in [0.5, 0.6) is 0 Å². The van der Waals surface area contributed by atoms with E-state index in [0.29, 0.717) is 12.6 Å². The maximum absolute atomic E-state index is 11.2. The quantitative estimate of drug-likeness (QED) is 0.550. The van der Waals surface area contributed by atoms with E-state index in [-0.39, 0.29) is 6.54 Å². The highest BCUT2D eigenvalue weighted by Crippen LogP contribution is 2.17. The topological polar surface area (TPSA) is 92.3 Å². The maximum Gasteiger partial charge on any atom is 0.226 e. The van der Waals surface area contributed by atoms with E-state index < -0.39 is 24.9 Å². The molecule has 0 saturated heterocycles. The Morgan fingerprint density at radius 2 is 1.73 bits per heavy atom. The molecule has 15 heavy (non-hydrogen) atoms. The van der Waals surface area contributed by atoms with Crippen molar-refractivity contribution in [1.82, 2.24) is 10.0 Å². The van der Waals surface area contributed by atoms with Gasteiger partial charge in [-0.1, -0.05) is 0 Å². The highest BCUT2D eigenvalue weighted by molar-refractivity contribution is 8.06. The van der Waals surface area contributed by atoms with Crippen molar-refractivity contribution in [3.8, 4) is 0 Å². The summed E-state index contributed by atoms with van der Waals surface area (Å²) in [6.45, 7) is 0.766. The molecule has 0 aromatic heterocycles. The standard InChI is InChI=1S/C7H16N2O4S2/c1-14(10,11)6-15(12,13)9-5-4-8-7-2-3-7/h7-9H,2-6H2,1H3. The van der Waals surface area contributed by atoms with Crippen molar-refractivity contribution in [2.24, 2.45) is 0 Å². The van der Waals surface area contributed by atoms with Gasteiger partial charge in [0.15, 0.2) is 14.9 Å². The molecule has 90 valence electrons. The molecular weight excluding hydrogens is 240 g/mol. The van der Waals surface area contributed by atoms with Crippen molar-refractivity contribution in [3.05, 3.63) is 0 Å². The summed E-state index contributed by atoms with van der Waals surface area (Å²) in [7, 11) is -7.19. The van der Waals surface area contributed by atoms with Crippen molar-refractivity contribution in [2.45, 2.75) is 18.9 Å². The lowest BCUT2D eigenvalue weighted by molar-refractivity contribution is 0.575. The minimum Gasteiger partial charge on any atom is -0.313 e. The van der Waals surface area contributed by atoms with Crippen molar-refractivity contribution in [1.29, 1.82) is 0 Å². The fourth-order valence-corrected chi connectivity index (χ4v) is 4.09. The largest absolute Gasteiger partial charge is 0.313 e. The van der Waals surface area contributed by atoms with Gasteiger partial charge in [-0.15, -0.1) is 0 Å². The van der Waals surface area contributed by atoms with Crippen LogP contribution in [0.2, 0.25) is 0 Å². The molecule has 0 heterocycles. The van der Waals surface area contributed by atoms with Gasteiger partial charge in [0.05, 0.1) is 0 Å². The third kappa shape index (κ3) is 6.82. The summed E-state index contributed by atoms with van der Waals surface area (Å²) < 4.78 is 46.1. The average molecular weight is 256 g/mol. The van der Waals surface area contributed by atoms with Gasteiger partial charge in [-0.25, -0.2) is 21.6 Å². The van der Waals surface area contributed by atoms with Gasteiger partial charge < -0.3 is 5.32 Å². The fraction of sp³-hybridized carbons (Fsp3) is 1.00. The number of sulfone groups is 1. The zero-order chi connectivity index (χ0) is 11.5. The minimum absolute atomic E-state index is 0.231. The molecule has 0 amide bonds. The molecule has 0 unspecified atom stereocenters. The molecule has 0 radical (unpaired) electrons. The van der Waals surface area contributed by atoms with Gasteiger partial charge in [0.2, 0.25) is 10.0 Å². The molecule has 1 aliphatic carbocycles. The Morgan fingerprint density at radius 3 is 2.20 bits per heavy atom. The molecule has 1 aliphatic rings. The average Bonchev–Trinajstić information content (AvgIpc) is 2.76. The van der Waals surface area contributed by atoms with E-state index in [9.17, 15) is 16.8 Å². The number of rotatable bonds is 7. The highest BCUT2D eigenvalue weighted by Gasteiger charge is 2.21. The molecule has 0 aromatic rings. The zero-order valence-electron chi connectivity index (χ0n) is 8.56. The summed E-state index contributed by atoms with van der Waals surface area (Å²) in [4.78, 5) is 0. The van der Waals surface area contributed by atoms with Crippen LogP contribution in [0.1, 0.15) is 12.8 Å². The van der Waals surface area contributed by atoms with Gasteiger partial charge in [-0.05, 0) is 12.8 Å². The van der Waals surface area contributed by atoms with Gasteiger partial charge in [-0.3, -0.25) is 0 Å². The van der Waals surface area contributed by atoms with Crippen LogP contribution in [0.4, 0.5) is 0 Å². The first kappa shape index (κ1) is 12.9. The Bertz CT molecular complexity index is 397. The second-order valence-corrected chi connectivity index (χ2v) is 8.09. The molecular formula is C7H16N2O4S2. The highest BCUT2D eigenvalue weighted by atomic mass is 32.3. The van der Waals surface area contributed by atoms with Crippen molar-refractivity contribution >= 4 is 19.9 Å². The van der Waals surface area contributed by atoms with E-state index in [1.165, 1.54) is 0 Å². The van der Waals surface area contributed by atoms with E-state index in [1.54, 1.807) is 0 Å². The first-order chi connectivity index (χ1) is 6.79. The normalized spacial score (nSPS) is 17.9. The van der Waals surface area contributed by atoms with E-state index in [2.05, 4.69) is 10.0 Å². The SMILES string of the molecule is CS(=O)(=O)CS(=O)(=O)NCCNC1CC1. The minimum atomic E-state index is -3.69. The second-order valence-electron chi connectivity index (χ2n) is 3.78. The Labute approximate surface area is 90.4 Å². The molecule has 0 bridgehead atoms. The van der Waals surface area contributed by atoms with E-state index in [0.717, 1.165) is 19.1 Å². The maximum atomic E-state index is 11.2. The van der Waals surface area contributed by atoms with E-state index in [1.807, 2.05) is 0 Å². The van der Waals surface area contributed by atoms with Crippen molar-refractivity contribution in [2.75, 3.05) is 24.4 Å². The fourth-order valence-electron chi connectivity index (χ4n) is 1.09. The van der Waals surface area contributed by atoms with Gasteiger partial charge >= 0.3 is 0 Å². The number of nitrogens with one attached hydrogen (secondary N) is 2. The number of hydrogen-bond acceptors (Lipinski definition) is 5. The molecule has 1 fully saturated rings. The summed E-state index contributed by atoms with van der Waals surface area (Å²) in [5.74, 6) is 0. The molecule has 0 aromatic carbocycles. The van der Waals surface area contributed by atoms with E-state index >= 15 is 0 Å². The lowest BCUT2D eigenvalue weighted by Crippen LogP contribution is -2.35. The summed E-state index contributed by atoms with van der Waals surface area (Å²) in [5, 5.41) is 2.27. The smallest absolute Gasteiger partial charge is 0.226 e. The molecule has 6 nitrogen and oxygen atoms in total. The van der Waals surface area contributed by atoms with Crippen molar-refractivity contribution < 1.29 is 16.8 Å². The second kappa shape index (κ2) is 4.77. The number of sulfonamides is 1. The number of hydrogen-bond donors (Lipinski definition) is 2. The first-order valence-electron chi connectivity index (χ1n) is 4.67. The summed E-state index contributed by atoms with van der Waals surface area (Å²) >= 11 is 0. The predicted molar refractivity (Wildman–Crippen MR) is 57.7 cm³/mol. The Morgan fingerprint density at radius 1 is 1.13 bits per heavy atom. The van der Waals surface area contributed by atoms with Crippen LogP contribution in [-0.2, 0) is 19.9 Å². The molecule has 0 spiro atoms. The van der Waals surface area contributed by atoms with Gasteiger partial charge in [0.1, 0.15) is 0 Å². The Hall–Kier alpha value is -0.180. The first-order valence-corrected chi connectivity index (χ1v) is 8.38. The van der Waals surface area contributed by atoms with Gasteiger partial charge in [0.25, 0.3) is 0 Å². The molecule has 2 N–H and O–H groups in total. The van der Waals surface area contributed by atoms with E-state index in [4.69, 9.17) is 0 Å². The van der Waals surface area contributed by atoms with Crippen LogP contribution in [-0.4, -0.2) is 47.3 Å². The molecule has 0 atom stereocenters. The van der Waals surface area contributed by atoms with Crippen LogP contribution in [0.3, 0.4) is 0 Å². The third-order valence-corrected chi connectivity index (χ3v) is 5.42. The van der Waals surface area contributed by atoms with Crippen LogP contribution in [0.15, 0.2) is 0 Å². The molecule has 0 aliphatic heterocycles. The summed E-state index contributed by atoms with van der Waals surface area (Å²) in [6, 6.07) is 0.518. The third-order valence-electron chi connectivity index (χ3n) is 1.83. The van der Waals surface area contributed by atoms with Crippen LogP contribution in [0.25, 0.3) is 0 Å². The monoisotopic (exact) mass is 256 g/mol. The Kier molecular flexibility index (Phi) is 4.10. The van der Waals surface area contributed by atoms with Crippen LogP contribution in [0, 0.1) is 0 Å². The van der Waals surface area contributed by atoms with Gasteiger partial charge in [-0.2, -0.15) is 0 Å². The molecule has 1 rings (SSSR count). The summed E-state index contributed by atoms with van der Waals surface area (Å²) in [5.41, 5.74) is 0. The van der Waals surface area contributed by atoms with Crippen LogP contribution >= 0.6 is 0 Å². The molecule has 8 heteroatoms. The Balaban J connectivity index is 2.23. The lowest BCUT2D eigenvalue weighted by atomic mass is 10.6. The van der Waals surface area contributed by atoms with Crippen molar-refractivity contribution in [3.63, 3.8) is 0 Å².